The van der Waals surface area contributed by atoms with Gasteiger partial charge in [-0.3, -0.25) is 10.1 Å². The van der Waals surface area contributed by atoms with Crippen LogP contribution in [0, 0.1) is 17.0 Å². The highest BCUT2D eigenvalue weighted by atomic mass is 16.6. The Labute approximate surface area is 107 Å². The van der Waals surface area contributed by atoms with Crippen molar-refractivity contribution in [1.29, 1.82) is 0 Å². The zero-order chi connectivity index (χ0) is 13.3. The Morgan fingerprint density at radius 3 is 2.67 bits per heavy atom. The summed E-state index contributed by atoms with van der Waals surface area (Å²) in [6.45, 7) is 3.80. The second kappa shape index (κ2) is 4.94. The van der Waals surface area contributed by atoms with Crippen LogP contribution < -0.4 is 4.90 Å². The summed E-state index contributed by atoms with van der Waals surface area (Å²) in [5, 5.41) is 10.8. The molecule has 2 rings (SSSR count). The third-order valence-electron chi connectivity index (χ3n) is 3.64. The van der Waals surface area contributed by atoms with Crippen molar-refractivity contribution in [3.63, 3.8) is 0 Å². The van der Waals surface area contributed by atoms with Gasteiger partial charge in [-0.2, -0.15) is 0 Å². The van der Waals surface area contributed by atoms with Crippen LogP contribution >= 0.6 is 0 Å². The summed E-state index contributed by atoms with van der Waals surface area (Å²) < 4.78 is 0. The number of nitro benzene ring substituents is 1. The first kappa shape index (κ1) is 12.8. The van der Waals surface area contributed by atoms with Crippen molar-refractivity contribution in [3.8, 4) is 0 Å². The van der Waals surface area contributed by atoms with Crippen molar-refractivity contribution < 1.29 is 4.92 Å². The lowest BCUT2D eigenvalue weighted by atomic mass is 10.1. The fourth-order valence-corrected chi connectivity index (χ4v) is 2.44. The van der Waals surface area contributed by atoms with E-state index in [1.54, 1.807) is 13.0 Å². The van der Waals surface area contributed by atoms with E-state index in [0.717, 1.165) is 30.8 Å². The fourth-order valence-electron chi connectivity index (χ4n) is 2.44. The van der Waals surface area contributed by atoms with Gasteiger partial charge in [-0.1, -0.05) is 0 Å². The standard InChI is InChI=1S/C13H19N3O2/c1-10-8-11(4-5-13(10)16(17)18)15-7-6-12(9-15)14(2)3/h4-5,8,12H,6-7,9H2,1-3H3/t12-/m1/s1. The molecule has 1 aliphatic rings. The number of rotatable bonds is 3. The number of nitrogens with zero attached hydrogens (tertiary/aromatic N) is 3. The Bertz CT molecular complexity index is 460. The van der Waals surface area contributed by atoms with Crippen molar-refractivity contribution >= 4 is 11.4 Å². The highest BCUT2D eigenvalue weighted by Gasteiger charge is 2.24. The third kappa shape index (κ3) is 2.46. The average molecular weight is 249 g/mol. The molecule has 1 fully saturated rings. The molecule has 98 valence electrons. The smallest absolute Gasteiger partial charge is 0.272 e. The largest absolute Gasteiger partial charge is 0.370 e. The van der Waals surface area contributed by atoms with Crippen LogP contribution in [0.1, 0.15) is 12.0 Å². The van der Waals surface area contributed by atoms with Crippen molar-refractivity contribution in [3.05, 3.63) is 33.9 Å². The maximum Gasteiger partial charge on any atom is 0.272 e. The number of benzene rings is 1. The quantitative estimate of drug-likeness (QED) is 0.607. The highest BCUT2D eigenvalue weighted by molar-refractivity contribution is 5.55. The number of hydrogen-bond acceptors (Lipinski definition) is 4. The predicted octanol–water partition coefficient (Wildman–Crippen LogP) is 2.04. The topological polar surface area (TPSA) is 49.6 Å². The van der Waals surface area contributed by atoms with Gasteiger partial charge in [0.25, 0.3) is 5.69 Å². The molecule has 1 aromatic carbocycles. The predicted molar refractivity (Wildman–Crippen MR) is 72.1 cm³/mol. The van der Waals surface area contributed by atoms with Gasteiger partial charge >= 0.3 is 0 Å². The minimum atomic E-state index is -0.328. The van der Waals surface area contributed by atoms with Gasteiger partial charge in [-0.05, 0) is 39.6 Å². The first-order valence-corrected chi connectivity index (χ1v) is 6.15. The molecule has 0 N–H and O–H groups in total. The van der Waals surface area contributed by atoms with Crippen LogP contribution in [-0.2, 0) is 0 Å². The van der Waals surface area contributed by atoms with Gasteiger partial charge in [0, 0.05) is 36.4 Å². The maximum absolute atomic E-state index is 10.8. The summed E-state index contributed by atoms with van der Waals surface area (Å²) in [7, 11) is 4.19. The lowest BCUT2D eigenvalue weighted by Crippen LogP contribution is -2.31. The molecule has 0 radical (unpaired) electrons. The fraction of sp³-hybridized carbons (Fsp3) is 0.538. The molecular weight excluding hydrogens is 230 g/mol. The summed E-state index contributed by atoms with van der Waals surface area (Å²) in [5.41, 5.74) is 2.01. The molecule has 1 heterocycles. The molecule has 5 nitrogen and oxygen atoms in total. The van der Waals surface area contributed by atoms with Crippen molar-refractivity contribution in [2.75, 3.05) is 32.1 Å². The Balaban J connectivity index is 2.16. The van der Waals surface area contributed by atoms with Gasteiger partial charge in [0.2, 0.25) is 0 Å². The summed E-state index contributed by atoms with van der Waals surface area (Å²) >= 11 is 0. The third-order valence-corrected chi connectivity index (χ3v) is 3.64. The zero-order valence-electron chi connectivity index (χ0n) is 11.1. The molecule has 18 heavy (non-hydrogen) atoms. The van der Waals surface area contributed by atoms with Crippen LogP contribution in [-0.4, -0.2) is 43.0 Å². The molecule has 0 bridgehead atoms. The molecule has 0 aliphatic carbocycles. The molecule has 0 aromatic heterocycles. The molecule has 1 aliphatic heterocycles. The van der Waals surface area contributed by atoms with Crippen LogP contribution in [0.4, 0.5) is 11.4 Å². The minimum Gasteiger partial charge on any atom is -0.370 e. The highest BCUT2D eigenvalue weighted by Crippen LogP contribution is 2.27. The van der Waals surface area contributed by atoms with Crippen LogP contribution in [0.5, 0.6) is 0 Å². The van der Waals surface area contributed by atoms with E-state index in [9.17, 15) is 10.1 Å². The van der Waals surface area contributed by atoms with E-state index in [0.29, 0.717) is 6.04 Å². The van der Waals surface area contributed by atoms with Crippen molar-refractivity contribution in [1.82, 2.24) is 4.90 Å². The summed E-state index contributed by atoms with van der Waals surface area (Å²) in [4.78, 5) is 15.0. The van der Waals surface area contributed by atoms with E-state index < -0.39 is 0 Å². The van der Waals surface area contributed by atoms with Crippen LogP contribution in [0.3, 0.4) is 0 Å². The van der Waals surface area contributed by atoms with Crippen LogP contribution in [0.2, 0.25) is 0 Å². The van der Waals surface area contributed by atoms with E-state index in [1.165, 1.54) is 0 Å². The molecule has 1 aromatic rings. The van der Waals surface area contributed by atoms with Crippen molar-refractivity contribution in [2.45, 2.75) is 19.4 Å². The number of hydrogen-bond donors (Lipinski definition) is 0. The Kier molecular flexibility index (Phi) is 3.52. The minimum absolute atomic E-state index is 0.196. The molecule has 0 amide bonds. The number of likely N-dealkylation sites (N-methyl/N-ethyl adjacent to an activating group) is 1. The van der Waals surface area contributed by atoms with E-state index in [4.69, 9.17) is 0 Å². The number of anilines is 1. The molecule has 0 saturated carbocycles. The van der Waals surface area contributed by atoms with E-state index >= 15 is 0 Å². The molecule has 0 unspecified atom stereocenters. The van der Waals surface area contributed by atoms with Crippen molar-refractivity contribution in [2.24, 2.45) is 0 Å². The average Bonchev–Trinajstić information content (AvgIpc) is 2.77. The van der Waals surface area contributed by atoms with Gasteiger partial charge in [-0.25, -0.2) is 0 Å². The Morgan fingerprint density at radius 2 is 2.17 bits per heavy atom. The molecule has 1 atom stereocenters. The van der Waals surface area contributed by atoms with E-state index in [2.05, 4.69) is 23.9 Å². The second-order valence-corrected chi connectivity index (χ2v) is 5.08. The van der Waals surface area contributed by atoms with Gasteiger partial charge < -0.3 is 9.80 Å². The Morgan fingerprint density at radius 1 is 1.44 bits per heavy atom. The normalized spacial score (nSPS) is 19.6. The first-order valence-electron chi connectivity index (χ1n) is 6.15. The Hall–Kier alpha value is -1.62. The lowest BCUT2D eigenvalue weighted by Gasteiger charge is -2.22. The molecular formula is C13H19N3O2. The molecule has 5 heteroatoms. The lowest BCUT2D eigenvalue weighted by molar-refractivity contribution is -0.385. The zero-order valence-corrected chi connectivity index (χ0v) is 11.1. The van der Waals surface area contributed by atoms with Gasteiger partial charge in [0.15, 0.2) is 0 Å². The summed E-state index contributed by atoms with van der Waals surface area (Å²) in [5.74, 6) is 0. The monoisotopic (exact) mass is 249 g/mol. The molecule has 1 saturated heterocycles. The van der Waals surface area contributed by atoms with E-state index in [-0.39, 0.29) is 10.6 Å². The number of nitro groups is 1. The van der Waals surface area contributed by atoms with Gasteiger partial charge in [0.05, 0.1) is 4.92 Å². The SMILES string of the molecule is Cc1cc(N2CC[C@@H](N(C)C)C2)ccc1[N+](=O)[O-]. The van der Waals surface area contributed by atoms with E-state index in [1.807, 2.05) is 12.1 Å². The maximum atomic E-state index is 10.8. The van der Waals surface area contributed by atoms with Gasteiger partial charge in [0.1, 0.15) is 0 Å². The summed E-state index contributed by atoms with van der Waals surface area (Å²) in [6.07, 6.45) is 1.14. The molecule has 0 spiro atoms. The van der Waals surface area contributed by atoms with Crippen LogP contribution in [0.25, 0.3) is 0 Å². The second-order valence-electron chi connectivity index (χ2n) is 5.08. The first-order chi connectivity index (χ1) is 8.49. The van der Waals surface area contributed by atoms with Gasteiger partial charge in [-0.15, -0.1) is 0 Å². The number of aryl methyl sites for hydroxylation is 1. The van der Waals surface area contributed by atoms with Crippen LogP contribution in [0.15, 0.2) is 18.2 Å². The summed E-state index contributed by atoms with van der Waals surface area (Å²) in [6, 6.07) is 5.94.